The zero-order valence-electron chi connectivity index (χ0n) is 11.5. The first-order valence-electron chi connectivity index (χ1n) is 6.59. The van der Waals surface area contributed by atoms with Crippen molar-refractivity contribution in [2.45, 2.75) is 24.1 Å². The average molecular weight is 318 g/mol. The van der Waals surface area contributed by atoms with E-state index in [1.165, 1.54) is 0 Å². The van der Waals surface area contributed by atoms with E-state index >= 15 is 0 Å². The molecule has 0 aliphatic heterocycles. The largest absolute Gasteiger partial charge is 0.339 e. The van der Waals surface area contributed by atoms with Gasteiger partial charge in [0.25, 0.3) is 0 Å². The maximum absolute atomic E-state index is 5.27. The molecule has 21 heavy (non-hydrogen) atoms. The lowest BCUT2D eigenvalue weighted by atomic mass is 10.2. The topological polar surface area (TPSA) is 64.7 Å². The lowest BCUT2D eigenvalue weighted by Crippen LogP contribution is -1.88. The summed E-state index contributed by atoms with van der Waals surface area (Å²) in [5.74, 6) is 2.30. The second kappa shape index (κ2) is 6.82. The molecule has 0 N–H and O–H groups in total. The van der Waals surface area contributed by atoms with Gasteiger partial charge in [0.15, 0.2) is 0 Å². The number of aromatic nitrogens is 4. The highest BCUT2D eigenvalue weighted by molar-refractivity contribution is 8.00. The Kier molecular flexibility index (Phi) is 4.62. The molecule has 3 aromatic rings. The summed E-state index contributed by atoms with van der Waals surface area (Å²) in [5, 5.41) is 6.07. The van der Waals surface area contributed by atoms with E-state index in [0.717, 1.165) is 34.2 Å². The number of nitrogens with zero attached hydrogens (tertiary/aromatic N) is 4. The first-order chi connectivity index (χ1) is 10.3. The molecule has 108 valence electrons. The van der Waals surface area contributed by atoms with Gasteiger partial charge in [-0.15, -0.1) is 11.3 Å². The van der Waals surface area contributed by atoms with Crippen molar-refractivity contribution < 1.29 is 4.52 Å². The van der Waals surface area contributed by atoms with Crippen LogP contribution in [0.4, 0.5) is 0 Å². The molecule has 0 aromatic carbocycles. The standard InChI is InChI=1S/C14H14N4OS2/c1-10-9-21-14(16-10)20-8-2-3-12-17-13(18-19-12)11-4-6-15-7-5-11/h4-7,9H,2-3,8H2,1H3. The second-order valence-electron chi connectivity index (χ2n) is 4.45. The molecular formula is C14H14N4OS2. The molecule has 0 radical (unpaired) electrons. The minimum atomic E-state index is 0.621. The molecule has 0 bridgehead atoms. The normalized spacial score (nSPS) is 10.9. The quantitative estimate of drug-likeness (QED) is 0.511. The van der Waals surface area contributed by atoms with Gasteiger partial charge in [-0.3, -0.25) is 4.98 Å². The third kappa shape index (κ3) is 3.89. The monoisotopic (exact) mass is 318 g/mol. The van der Waals surface area contributed by atoms with Gasteiger partial charge in [-0.25, -0.2) is 4.98 Å². The number of thioether (sulfide) groups is 1. The van der Waals surface area contributed by atoms with Gasteiger partial charge in [0.2, 0.25) is 11.7 Å². The number of pyridine rings is 1. The van der Waals surface area contributed by atoms with Crippen LogP contribution in [-0.4, -0.2) is 25.9 Å². The highest BCUT2D eigenvalue weighted by Crippen LogP contribution is 2.23. The van der Waals surface area contributed by atoms with Gasteiger partial charge in [-0.05, 0) is 25.5 Å². The van der Waals surface area contributed by atoms with Crippen LogP contribution >= 0.6 is 23.1 Å². The van der Waals surface area contributed by atoms with E-state index in [4.69, 9.17) is 4.52 Å². The zero-order chi connectivity index (χ0) is 14.5. The van der Waals surface area contributed by atoms with Gasteiger partial charge in [0.05, 0.1) is 0 Å². The molecule has 0 unspecified atom stereocenters. The lowest BCUT2D eigenvalue weighted by Gasteiger charge is -1.95. The fourth-order valence-corrected chi connectivity index (χ4v) is 3.62. The molecule has 3 heterocycles. The first kappa shape index (κ1) is 14.2. The Morgan fingerprint density at radius 2 is 2.10 bits per heavy atom. The Hall–Kier alpha value is -1.73. The third-order valence-electron chi connectivity index (χ3n) is 2.77. The molecule has 0 atom stereocenters. The second-order valence-corrected chi connectivity index (χ2v) is 6.65. The van der Waals surface area contributed by atoms with E-state index in [-0.39, 0.29) is 0 Å². The van der Waals surface area contributed by atoms with E-state index in [0.29, 0.717) is 11.7 Å². The fourth-order valence-electron chi connectivity index (χ4n) is 1.76. The van der Waals surface area contributed by atoms with Crippen LogP contribution in [0.1, 0.15) is 18.0 Å². The Balaban J connectivity index is 1.49. The van der Waals surface area contributed by atoms with Crippen molar-refractivity contribution in [1.82, 2.24) is 20.1 Å². The maximum Gasteiger partial charge on any atom is 0.226 e. The van der Waals surface area contributed by atoms with Crippen molar-refractivity contribution in [2.75, 3.05) is 5.75 Å². The van der Waals surface area contributed by atoms with E-state index in [2.05, 4.69) is 25.5 Å². The molecule has 0 fully saturated rings. The highest BCUT2D eigenvalue weighted by atomic mass is 32.2. The molecule has 0 saturated carbocycles. The van der Waals surface area contributed by atoms with Crippen LogP contribution in [0.25, 0.3) is 11.4 Å². The summed E-state index contributed by atoms with van der Waals surface area (Å²) in [6, 6.07) is 3.74. The fraction of sp³-hybridized carbons (Fsp3) is 0.286. The molecular weight excluding hydrogens is 304 g/mol. The number of hydrogen-bond acceptors (Lipinski definition) is 7. The third-order valence-corrected chi connectivity index (χ3v) is 4.99. The number of thiazole rings is 1. The van der Waals surface area contributed by atoms with Gasteiger partial charge >= 0.3 is 0 Å². The first-order valence-corrected chi connectivity index (χ1v) is 8.46. The molecule has 3 rings (SSSR count). The predicted molar refractivity (Wildman–Crippen MR) is 83.4 cm³/mol. The van der Waals surface area contributed by atoms with E-state index < -0.39 is 0 Å². The zero-order valence-corrected chi connectivity index (χ0v) is 13.2. The highest BCUT2D eigenvalue weighted by Gasteiger charge is 2.08. The predicted octanol–water partition coefficient (Wildman–Crippen LogP) is 3.62. The molecule has 0 amide bonds. The summed E-state index contributed by atoms with van der Waals surface area (Å²) in [5.41, 5.74) is 2.01. The van der Waals surface area contributed by atoms with Crippen LogP contribution in [0.2, 0.25) is 0 Å². The average Bonchev–Trinajstić information content (AvgIpc) is 3.14. The SMILES string of the molecule is Cc1csc(SCCCc2nc(-c3ccncc3)no2)n1. The number of hydrogen-bond donors (Lipinski definition) is 0. The van der Waals surface area contributed by atoms with Crippen molar-refractivity contribution in [1.29, 1.82) is 0 Å². The van der Waals surface area contributed by atoms with E-state index in [9.17, 15) is 0 Å². The Labute approximate surface area is 130 Å². The molecule has 3 aromatic heterocycles. The lowest BCUT2D eigenvalue weighted by molar-refractivity contribution is 0.378. The Morgan fingerprint density at radius 1 is 1.24 bits per heavy atom. The van der Waals surface area contributed by atoms with Crippen molar-refractivity contribution in [3.8, 4) is 11.4 Å². The Morgan fingerprint density at radius 3 is 2.86 bits per heavy atom. The summed E-state index contributed by atoms with van der Waals surface area (Å²) in [6.45, 7) is 2.01. The summed E-state index contributed by atoms with van der Waals surface area (Å²) >= 11 is 3.46. The van der Waals surface area contributed by atoms with Gasteiger partial charge in [0.1, 0.15) is 4.34 Å². The van der Waals surface area contributed by atoms with Gasteiger partial charge < -0.3 is 4.52 Å². The molecule has 7 heteroatoms. The van der Waals surface area contributed by atoms with Crippen molar-refractivity contribution in [3.05, 3.63) is 41.5 Å². The van der Waals surface area contributed by atoms with Gasteiger partial charge in [0, 0.05) is 41.2 Å². The van der Waals surface area contributed by atoms with Crippen molar-refractivity contribution in [3.63, 3.8) is 0 Å². The smallest absolute Gasteiger partial charge is 0.226 e. The summed E-state index contributed by atoms with van der Waals surface area (Å²) in [7, 11) is 0. The van der Waals surface area contributed by atoms with Crippen LogP contribution in [0.5, 0.6) is 0 Å². The molecule has 0 aliphatic rings. The Bertz CT molecular complexity index is 696. The van der Waals surface area contributed by atoms with Crippen LogP contribution in [0, 0.1) is 6.92 Å². The van der Waals surface area contributed by atoms with Crippen LogP contribution < -0.4 is 0 Å². The van der Waals surface area contributed by atoms with Gasteiger partial charge in [-0.1, -0.05) is 16.9 Å². The van der Waals surface area contributed by atoms with Crippen molar-refractivity contribution in [2.24, 2.45) is 0 Å². The van der Waals surface area contributed by atoms with E-state index in [1.54, 1.807) is 35.5 Å². The molecule has 0 aliphatic carbocycles. The summed E-state index contributed by atoms with van der Waals surface area (Å²) < 4.78 is 6.39. The summed E-state index contributed by atoms with van der Waals surface area (Å²) in [6.07, 6.45) is 5.22. The van der Waals surface area contributed by atoms with E-state index in [1.807, 2.05) is 19.1 Å². The number of rotatable bonds is 6. The maximum atomic E-state index is 5.27. The van der Waals surface area contributed by atoms with Crippen molar-refractivity contribution >= 4 is 23.1 Å². The molecule has 0 saturated heterocycles. The molecule has 0 spiro atoms. The minimum Gasteiger partial charge on any atom is -0.339 e. The van der Waals surface area contributed by atoms with Crippen LogP contribution in [0.3, 0.4) is 0 Å². The van der Waals surface area contributed by atoms with Crippen LogP contribution in [-0.2, 0) is 6.42 Å². The molecule has 5 nitrogen and oxygen atoms in total. The minimum absolute atomic E-state index is 0.621. The summed E-state index contributed by atoms with van der Waals surface area (Å²) in [4.78, 5) is 12.8. The van der Waals surface area contributed by atoms with Crippen LogP contribution in [0.15, 0.2) is 38.8 Å². The number of aryl methyl sites for hydroxylation is 2. The van der Waals surface area contributed by atoms with Gasteiger partial charge in [-0.2, -0.15) is 4.98 Å².